The summed E-state index contributed by atoms with van der Waals surface area (Å²) in [7, 11) is -1.25. The van der Waals surface area contributed by atoms with Gasteiger partial charge < -0.3 is 0 Å². The van der Waals surface area contributed by atoms with E-state index in [9.17, 15) is 26.7 Å². The smallest absolute Gasteiger partial charge is 0.261 e. The van der Waals surface area contributed by atoms with E-state index >= 15 is 0 Å². The van der Waals surface area contributed by atoms with Crippen LogP contribution in [0.3, 0.4) is 0 Å². The largest absolute Gasteiger partial charge is 0.474 e. The van der Waals surface area contributed by atoms with E-state index in [0.717, 1.165) is 24.1 Å². The molecule has 1 fully saturated rings. The number of benzene rings is 1. The number of hydrogen-bond acceptors (Lipinski definition) is 6. The average Bonchev–Trinajstić information content (AvgIpc) is 3.55. The molecule has 2 aliphatic rings. The molecule has 3 aromatic heterocycles. The highest BCUT2D eigenvalue weighted by Gasteiger charge is 2.65. The minimum Gasteiger partial charge on any atom is -0.261 e. The van der Waals surface area contributed by atoms with Crippen molar-refractivity contribution >= 4 is 16.6 Å². The summed E-state index contributed by atoms with van der Waals surface area (Å²) in [5, 5.41) is 13.0. The average molecular weight is 602 g/mol. The highest BCUT2D eigenvalue weighted by molar-refractivity contribution is 7.85. The van der Waals surface area contributed by atoms with Crippen molar-refractivity contribution < 1.29 is 26.7 Å². The van der Waals surface area contributed by atoms with Crippen molar-refractivity contribution in [2.24, 2.45) is 9.78 Å². The van der Waals surface area contributed by atoms with Gasteiger partial charge >= 0.3 is 12.1 Å². The Morgan fingerprint density at radius 2 is 1.90 bits per heavy atom. The third kappa shape index (κ3) is 4.34. The molecule has 3 atom stereocenters. The van der Waals surface area contributed by atoms with E-state index in [1.54, 1.807) is 18.5 Å². The summed E-state index contributed by atoms with van der Waals surface area (Å²) in [5.74, 6) is -3.15. The predicted octanol–water partition coefficient (Wildman–Crippen LogP) is 5.76. The lowest BCUT2D eigenvalue weighted by atomic mass is 9.66. The normalized spacial score (nSPS) is 21.5. The van der Waals surface area contributed by atoms with Crippen molar-refractivity contribution in [3.05, 3.63) is 77.5 Å². The first-order chi connectivity index (χ1) is 19.8. The SMILES string of the molecule is CS(Cn1cc(-c2nccc([C@@]34CC[C@@H](c5cc(-c6c(F)cccc6F)nnc53)C4(C)C)n2)cn1)=NC(=O)C(F)(F)F. The number of carbonyl (C=O) groups excluding carboxylic acids is 1. The molecule has 0 N–H and O–H groups in total. The molecule has 14 heteroatoms. The zero-order valence-corrected chi connectivity index (χ0v) is 23.5. The second kappa shape index (κ2) is 9.82. The summed E-state index contributed by atoms with van der Waals surface area (Å²) in [5.41, 5.74) is 1.80. The molecule has 6 rings (SSSR count). The lowest BCUT2D eigenvalue weighted by molar-refractivity contribution is -0.169. The second-order valence-corrected chi connectivity index (χ2v) is 12.6. The fourth-order valence-electron chi connectivity index (χ4n) is 6.46. The van der Waals surface area contributed by atoms with Crippen LogP contribution in [0.1, 0.15) is 49.6 Å². The maximum absolute atomic E-state index is 14.6. The molecule has 4 aromatic rings. The lowest BCUT2D eigenvalue weighted by Crippen LogP contribution is -2.38. The number of fused-ring (bicyclic) bond motifs is 5. The zero-order chi connectivity index (χ0) is 30.0. The summed E-state index contributed by atoms with van der Waals surface area (Å²) in [6.45, 7) is 4.26. The topological polar surface area (TPSA) is 98.8 Å². The van der Waals surface area contributed by atoms with Crippen molar-refractivity contribution in [2.45, 2.75) is 50.1 Å². The number of carbonyl (C=O) groups is 1. The molecule has 0 saturated heterocycles. The highest BCUT2D eigenvalue weighted by atomic mass is 32.2. The van der Waals surface area contributed by atoms with Gasteiger partial charge in [0, 0.05) is 12.4 Å². The van der Waals surface area contributed by atoms with Crippen molar-refractivity contribution in [3.63, 3.8) is 0 Å². The molecular weight excluding hydrogens is 577 g/mol. The van der Waals surface area contributed by atoms with Crippen molar-refractivity contribution in [1.82, 2.24) is 29.9 Å². The molecule has 2 aliphatic carbocycles. The molecular formula is C28H24F5N7OS. The van der Waals surface area contributed by atoms with Gasteiger partial charge in [0.05, 0.1) is 45.7 Å². The molecule has 0 aliphatic heterocycles. The maximum Gasteiger partial charge on any atom is 0.474 e. The van der Waals surface area contributed by atoms with Crippen LogP contribution in [0.5, 0.6) is 0 Å². The van der Waals surface area contributed by atoms with E-state index in [4.69, 9.17) is 4.98 Å². The van der Waals surface area contributed by atoms with E-state index in [1.165, 1.54) is 35.3 Å². The molecule has 42 heavy (non-hydrogen) atoms. The molecule has 1 saturated carbocycles. The van der Waals surface area contributed by atoms with E-state index in [2.05, 4.69) is 38.5 Å². The van der Waals surface area contributed by atoms with Gasteiger partial charge in [0.2, 0.25) is 0 Å². The number of alkyl halides is 3. The van der Waals surface area contributed by atoms with Crippen molar-refractivity contribution in [2.75, 3.05) is 6.26 Å². The zero-order valence-electron chi connectivity index (χ0n) is 22.7. The van der Waals surface area contributed by atoms with Crippen LogP contribution in [-0.2, 0) is 26.8 Å². The summed E-state index contributed by atoms with van der Waals surface area (Å²) >= 11 is 0. The van der Waals surface area contributed by atoms with E-state index in [-0.39, 0.29) is 28.5 Å². The Morgan fingerprint density at radius 3 is 2.62 bits per heavy atom. The molecule has 1 aromatic carbocycles. The minimum atomic E-state index is -5.02. The molecule has 3 heterocycles. The van der Waals surface area contributed by atoms with Gasteiger partial charge in [-0.1, -0.05) is 30.6 Å². The number of amides is 1. The first kappa shape index (κ1) is 28.2. The van der Waals surface area contributed by atoms with Gasteiger partial charge in [0.15, 0.2) is 5.82 Å². The second-order valence-electron chi connectivity index (χ2n) is 11.0. The van der Waals surface area contributed by atoms with Crippen LogP contribution >= 0.6 is 0 Å². The number of aromatic nitrogens is 6. The van der Waals surface area contributed by atoms with Gasteiger partial charge in [0.25, 0.3) is 0 Å². The van der Waals surface area contributed by atoms with Gasteiger partial charge in [-0.15, -0.1) is 5.10 Å². The van der Waals surface area contributed by atoms with Crippen LogP contribution in [0.15, 0.2) is 53.3 Å². The number of halogens is 5. The first-order valence-electron chi connectivity index (χ1n) is 13.0. The molecule has 8 nitrogen and oxygen atoms in total. The van der Waals surface area contributed by atoms with Crippen LogP contribution in [0.4, 0.5) is 22.0 Å². The Bertz CT molecular complexity index is 1750. The van der Waals surface area contributed by atoms with Crippen molar-refractivity contribution in [3.8, 4) is 22.6 Å². The molecule has 1 unspecified atom stereocenters. The highest BCUT2D eigenvalue weighted by Crippen LogP contribution is 2.69. The fourth-order valence-corrected chi connectivity index (χ4v) is 7.42. The third-order valence-corrected chi connectivity index (χ3v) is 9.50. The van der Waals surface area contributed by atoms with Gasteiger partial charge in [-0.3, -0.25) is 9.48 Å². The fraction of sp³-hybridized carbons (Fsp3) is 0.357. The Balaban J connectivity index is 1.35. The van der Waals surface area contributed by atoms with E-state index in [1.807, 2.05) is 6.07 Å². The van der Waals surface area contributed by atoms with Crippen LogP contribution in [0.2, 0.25) is 0 Å². The predicted molar refractivity (Wildman–Crippen MR) is 144 cm³/mol. The molecule has 1 amide bonds. The summed E-state index contributed by atoms with van der Waals surface area (Å²) in [6, 6.07) is 7.24. The van der Waals surface area contributed by atoms with E-state index < -0.39 is 39.8 Å². The summed E-state index contributed by atoms with van der Waals surface area (Å²) < 4.78 is 71.4. The Hall–Kier alpha value is -3.94. The summed E-state index contributed by atoms with van der Waals surface area (Å²) in [4.78, 5) is 20.5. The molecule has 218 valence electrons. The van der Waals surface area contributed by atoms with Gasteiger partial charge in [-0.2, -0.15) is 27.7 Å². The Labute approximate surface area is 239 Å². The monoisotopic (exact) mass is 601 g/mol. The molecule has 2 bridgehead atoms. The van der Waals surface area contributed by atoms with Crippen molar-refractivity contribution in [1.29, 1.82) is 0 Å². The Morgan fingerprint density at radius 1 is 1.17 bits per heavy atom. The lowest BCUT2D eigenvalue weighted by Gasteiger charge is -2.37. The third-order valence-electron chi connectivity index (χ3n) is 8.39. The molecule has 0 radical (unpaired) electrons. The van der Waals surface area contributed by atoms with Crippen LogP contribution in [-0.4, -0.2) is 48.3 Å². The first-order valence-corrected chi connectivity index (χ1v) is 14.7. The van der Waals surface area contributed by atoms with Gasteiger partial charge in [0.1, 0.15) is 11.6 Å². The number of rotatable bonds is 5. The number of hydrogen-bond donors (Lipinski definition) is 0. The van der Waals surface area contributed by atoms with Gasteiger partial charge in [-0.25, -0.2) is 18.7 Å². The minimum absolute atomic E-state index is 0.0198. The maximum atomic E-state index is 14.6. The standard InChI is InChI=1S/C28H24F5N7OS/c1-26(2)17-7-9-27(26,23-16(17)11-20(37-38-23)22-18(29)5-4-6-19(22)30)21-8-10-34-24(36-21)15-12-35-40(13-15)14-42(3)39-25(41)28(31,32)33/h4-6,8,10-13,17H,7,9,14H2,1-3H3/t17-,27-,42?/m0/s1. The van der Waals surface area contributed by atoms with Crippen LogP contribution in [0, 0.1) is 17.0 Å². The van der Waals surface area contributed by atoms with Gasteiger partial charge in [-0.05, 0) is 60.3 Å². The molecule has 0 spiro atoms. The van der Waals surface area contributed by atoms with Crippen LogP contribution in [0.25, 0.3) is 22.6 Å². The Kier molecular flexibility index (Phi) is 6.59. The van der Waals surface area contributed by atoms with E-state index in [0.29, 0.717) is 17.1 Å². The summed E-state index contributed by atoms with van der Waals surface area (Å²) in [6.07, 6.45) is 2.68. The number of nitrogens with zero attached hydrogens (tertiary/aromatic N) is 7. The van der Waals surface area contributed by atoms with Crippen LogP contribution < -0.4 is 0 Å². The quantitative estimate of drug-likeness (QED) is 0.270.